The molecule has 0 atom stereocenters. The molecule has 3 rings (SSSR count). The zero-order chi connectivity index (χ0) is 19.4. The summed E-state index contributed by atoms with van der Waals surface area (Å²) in [5.41, 5.74) is 6.29. The van der Waals surface area contributed by atoms with Crippen LogP contribution in [0.3, 0.4) is 0 Å². The lowest BCUT2D eigenvalue weighted by Crippen LogP contribution is -2.24. The summed E-state index contributed by atoms with van der Waals surface area (Å²) in [7, 11) is 0. The highest BCUT2D eigenvalue weighted by molar-refractivity contribution is 7.12. The SMILES string of the molecule is C=CCc1c(C)nn(-c2nc(CC(=O)NCc3ccc(C)cc3)cs2)c1C. The number of thiazole rings is 1. The van der Waals surface area contributed by atoms with Crippen LogP contribution in [-0.2, 0) is 24.2 Å². The van der Waals surface area contributed by atoms with Gasteiger partial charge in [-0.05, 0) is 32.8 Å². The van der Waals surface area contributed by atoms with Crippen molar-refractivity contribution in [3.63, 3.8) is 0 Å². The van der Waals surface area contributed by atoms with Crippen molar-refractivity contribution in [2.45, 2.75) is 40.2 Å². The van der Waals surface area contributed by atoms with Gasteiger partial charge >= 0.3 is 0 Å². The lowest BCUT2D eigenvalue weighted by Gasteiger charge is -2.05. The fraction of sp³-hybridized carbons (Fsp3) is 0.286. The molecule has 0 saturated carbocycles. The zero-order valence-electron chi connectivity index (χ0n) is 16.0. The summed E-state index contributed by atoms with van der Waals surface area (Å²) in [4.78, 5) is 16.8. The molecule has 2 heterocycles. The van der Waals surface area contributed by atoms with Crippen LogP contribution in [0.4, 0.5) is 0 Å². The second kappa shape index (κ2) is 8.31. The van der Waals surface area contributed by atoms with Crippen LogP contribution in [0.5, 0.6) is 0 Å². The average molecular weight is 381 g/mol. The highest BCUT2D eigenvalue weighted by Crippen LogP contribution is 2.21. The van der Waals surface area contributed by atoms with E-state index in [0.717, 1.165) is 34.2 Å². The summed E-state index contributed by atoms with van der Waals surface area (Å²) in [6.45, 7) is 10.4. The minimum absolute atomic E-state index is 0.0341. The molecule has 6 heteroatoms. The van der Waals surface area contributed by atoms with Crippen molar-refractivity contribution in [1.82, 2.24) is 20.1 Å². The molecule has 1 aromatic carbocycles. The first-order chi connectivity index (χ1) is 13.0. The Kier molecular flexibility index (Phi) is 5.86. The number of carbonyl (C=O) groups is 1. The largest absolute Gasteiger partial charge is 0.352 e. The molecule has 0 saturated heterocycles. The zero-order valence-corrected chi connectivity index (χ0v) is 16.8. The van der Waals surface area contributed by atoms with E-state index in [4.69, 9.17) is 0 Å². The molecule has 0 aliphatic rings. The number of carbonyl (C=O) groups excluding carboxylic acids is 1. The summed E-state index contributed by atoms with van der Waals surface area (Å²) >= 11 is 1.50. The molecule has 0 unspecified atom stereocenters. The highest BCUT2D eigenvalue weighted by Gasteiger charge is 2.15. The van der Waals surface area contributed by atoms with Crippen LogP contribution in [0.1, 0.15) is 33.8 Å². The number of nitrogens with zero attached hydrogens (tertiary/aromatic N) is 3. The number of nitrogens with one attached hydrogen (secondary N) is 1. The number of hydrogen-bond acceptors (Lipinski definition) is 4. The first-order valence-corrected chi connectivity index (χ1v) is 9.79. The minimum atomic E-state index is -0.0341. The fourth-order valence-corrected chi connectivity index (χ4v) is 3.73. The molecule has 5 nitrogen and oxygen atoms in total. The summed E-state index contributed by atoms with van der Waals surface area (Å²) in [6, 6.07) is 8.15. The van der Waals surface area contributed by atoms with Gasteiger partial charge in [-0.1, -0.05) is 35.9 Å². The fourth-order valence-electron chi connectivity index (χ4n) is 2.91. The first kappa shape index (κ1) is 19.0. The van der Waals surface area contributed by atoms with E-state index < -0.39 is 0 Å². The molecule has 2 aromatic heterocycles. The van der Waals surface area contributed by atoms with E-state index in [0.29, 0.717) is 6.54 Å². The van der Waals surface area contributed by atoms with Crippen LogP contribution in [0.2, 0.25) is 0 Å². The van der Waals surface area contributed by atoms with Crippen LogP contribution in [0.25, 0.3) is 5.13 Å². The van der Waals surface area contributed by atoms with E-state index in [1.807, 2.05) is 61.2 Å². The third-order valence-corrected chi connectivity index (χ3v) is 5.33. The molecule has 1 N–H and O–H groups in total. The lowest BCUT2D eigenvalue weighted by molar-refractivity contribution is -0.120. The summed E-state index contributed by atoms with van der Waals surface area (Å²) < 4.78 is 1.85. The molecule has 0 spiro atoms. The third-order valence-electron chi connectivity index (χ3n) is 4.46. The van der Waals surface area contributed by atoms with Crippen molar-refractivity contribution in [3.05, 3.63) is 76.1 Å². The van der Waals surface area contributed by atoms with Crippen LogP contribution < -0.4 is 5.32 Å². The van der Waals surface area contributed by atoms with E-state index in [1.54, 1.807) is 0 Å². The molecule has 0 aliphatic heterocycles. The number of hydrogen-bond donors (Lipinski definition) is 1. The van der Waals surface area contributed by atoms with E-state index in [9.17, 15) is 4.79 Å². The topological polar surface area (TPSA) is 59.8 Å². The maximum absolute atomic E-state index is 12.2. The van der Waals surface area contributed by atoms with Gasteiger partial charge in [-0.25, -0.2) is 9.67 Å². The van der Waals surface area contributed by atoms with Crippen molar-refractivity contribution in [2.24, 2.45) is 0 Å². The molecule has 1 amide bonds. The second-order valence-electron chi connectivity index (χ2n) is 6.61. The Labute approximate surface area is 163 Å². The molecule has 0 fully saturated rings. The quantitative estimate of drug-likeness (QED) is 0.634. The van der Waals surface area contributed by atoms with Crippen LogP contribution >= 0.6 is 11.3 Å². The Hall–Kier alpha value is -2.73. The number of aromatic nitrogens is 3. The standard InChI is InChI=1S/C21H24N4OS/c1-5-6-19-15(3)24-25(16(19)4)21-23-18(13-27-21)11-20(26)22-12-17-9-7-14(2)8-10-17/h5,7-10,13H,1,6,11-12H2,2-4H3,(H,22,26). The number of allylic oxidation sites excluding steroid dienone is 1. The normalized spacial score (nSPS) is 10.8. The van der Waals surface area contributed by atoms with Gasteiger partial charge in [0.05, 0.1) is 17.8 Å². The minimum Gasteiger partial charge on any atom is -0.352 e. The maximum atomic E-state index is 12.2. The Morgan fingerprint density at radius 2 is 2.00 bits per heavy atom. The molecule has 3 aromatic rings. The summed E-state index contributed by atoms with van der Waals surface area (Å²) in [5, 5.41) is 10.2. The Morgan fingerprint density at radius 3 is 2.70 bits per heavy atom. The van der Waals surface area contributed by atoms with Gasteiger partial charge in [-0.2, -0.15) is 5.10 Å². The third kappa shape index (κ3) is 4.52. The van der Waals surface area contributed by atoms with E-state index in [-0.39, 0.29) is 12.3 Å². The molecular weight excluding hydrogens is 356 g/mol. The first-order valence-electron chi connectivity index (χ1n) is 8.91. The molecule has 0 bridgehead atoms. The van der Waals surface area contributed by atoms with Crippen LogP contribution in [0, 0.1) is 20.8 Å². The number of aryl methyl sites for hydroxylation is 2. The van der Waals surface area contributed by atoms with Gasteiger partial charge in [0.25, 0.3) is 0 Å². The highest BCUT2D eigenvalue weighted by atomic mass is 32.1. The van der Waals surface area contributed by atoms with E-state index >= 15 is 0 Å². The van der Waals surface area contributed by atoms with Gasteiger partial charge in [0, 0.05) is 23.2 Å². The molecular formula is C21H24N4OS. The smallest absolute Gasteiger partial charge is 0.226 e. The second-order valence-corrected chi connectivity index (χ2v) is 7.45. The van der Waals surface area contributed by atoms with Gasteiger partial charge < -0.3 is 5.32 Å². The Morgan fingerprint density at radius 1 is 1.26 bits per heavy atom. The van der Waals surface area contributed by atoms with E-state index in [1.165, 1.54) is 22.5 Å². The Balaban J connectivity index is 1.64. The predicted octanol–water partition coefficient (Wildman–Crippen LogP) is 3.84. The molecule has 140 valence electrons. The maximum Gasteiger partial charge on any atom is 0.226 e. The van der Waals surface area contributed by atoms with Gasteiger partial charge in [0.2, 0.25) is 11.0 Å². The molecule has 0 radical (unpaired) electrons. The van der Waals surface area contributed by atoms with Crippen molar-refractivity contribution in [2.75, 3.05) is 0 Å². The van der Waals surface area contributed by atoms with E-state index in [2.05, 4.69) is 22.0 Å². The number of benzene rings is 1. The monoisotopic (exact) mass is 380 g/mol. The van der Waals surface area contributed by atoms with Crippen LogP contribution in [-0.4, -0.2) is 20.7 Å². The van der Waals surface area contributed by atoms with Gasteiger partial charge in [0.1, 0.15) is 0 Å². The van der Waals surface area contributed by atoms with Crippen molar-refractivity contribution in [1.29, 1.82) is 0 Å². The summed E-state index contributed by atoms with van der Waals surface area (Å²) in [5.74, 6) is -0.0341. The van der Waals surface area contributed by atoms with Crippen molar-refractivity contribution in [3.8, 4) is 5.13 Å². The number of amides is 1. The average Bonchev–Trinajstić information content (AvgIpc) is 3.21. The van der Waals surface area contributed by atoms with Gasteiger partial charge in [-0.15, -0.1) is 17.9 Å². The van der Waals surface area contributed by atoms with Gasteiger partial charge in [-0.3, -0.25) is 4.79 Å². The summed E-state index contributed by atoms with van der Waals surface area (Å²) in [6.07, 6.45) is 2.94. The van der Waals surface area contributed by atoms with Crippen molar-refractivity contribution < 1.29 is 4.79 Å². The van der Waals surface area contributed by atoms with Crippen molar-refractivity contribution >= 4 is 17.2 Å². The lowest BCUT2D eigenvalue weighted by atomic mass is 10.1. The molecule has 0 aliphatic carbocycles. The molecule has 27 heavy (non-hydrogen) atoms. The Bertz CT molecular complexity index is 953. The predicted molar refractivity (Wildman–Crippen MR) is 109 cm³/mol. The van der Waals surface area contributed by atoms with Crippen LogP contribution in [0.15, 0.2) is 42.3 Å². The van der Waals surface area contributed by atoms with Gasteiger partial charge in [0.15, 0.2) is 0 Å². The number of rotatable bonds is 7.